The number of hydrogen-bond acceptors (Lipinski definition) is 21. The SMILES string of the molecule is Nc1c(N=Nc2ccc(S(=O)(=O)CCOS(=O)(=O)O)cc2)c(S(=O)(=O)O)c(C=O)c2cc(S(=O)(=O)O)c(N=Nc3ccc(S(=O)(=O)CCOS(=O)(=O)O)cc3)c(O)c12. The van der Waals surface area contributed by atoms with Crippen molar-refractivity contribution in [2.75, 3.05) is 30.5 Å². The van der Waals surface area contributed by atoms with Crippen LogP contribution in [0.5, 0.6) is 5.75 Å². The van der Waals surface area contributed by atoms with Crippen LogP contribution in [0.2, 0.25) is 0 Å². The number of carbonyl (C=O) groups excluding carboxylic acids is 1. The summed E-state index contributed by atoms with van der Waals surface area (Å²) in [6.45, 7) is -1.88. The van der Waals surface area contributed by atoms with Crippen LogP contribution in [0.1, 0.15) is 10.4 Å². The highest BCUT2D eigenvalue weighted by Gasteiger charge is 2.32. The quantitative estimate of drug-likeness (QED) is 0.0383. The second-order valence-electron chi connectivity index (χ2n) is 11.1. The van der Waals surface area contributed by atoms with Crippen molar-refractivity contribution in [3.8, 4) is 5.75 Å². The van der Waals surface area contributed by atoms with E-state index in [1.807, 2.05) is 0 Å². The lowest BCUT2D eigenvalue weighted by atomic mass is 10.00. The van der Waals surface area contributed by atoms with Gasteiger partial charge in [0.25, 0.3) is 20.2 Å². The van der Waals surface area contributed by atoms with E-state index in [9.17, 15) is 69.5 Å². The van der Waals surface area contributed by atoms with Gasteiger partial charge in [0.2, 0.25) is 0 Å². The fraction of sp³-hybridized carbons (Fsp3) is 0.148. The molecular formula is C27H25N5O20S6. The van der Waals surface area contributed by atoms with Crippen molar-refractivity contribution in [3.05, 3.63) is 60.2 Å². The molecular weight excluding hydrogens is 907 g/mol. The molecule has 0 saturated carbocycles. The van der Waals surface area contributed by atoms with Crippen LogP contribution in [0, 0.1) is 0 Å². The molecule has 0 saturated heterocycles. The van der Waals surface area contributed by atoms with Gasteiger partial charge in [0.05, 0.1) is 57.0 Å². The Morgan fingerprint density at radius 1 is 0.603 bits per heavy atom. The van der Waals surface area contributed by atoms with Gasteiger partial charge < -0.3 is 10.8 Å². The van der Waals surface area contributed by atoms with Gasteiger partial charge in [-0.25, -0.2) is 25.2 Å². The first-order valence-electron chi connectivity index (χ1n) is 14.8. The zero-order valence-electron chi connectivity index (χ0n) is 28.3. The van der Waals surface area contributed by atoms with E-state index >= 15 is 0 Å². The highest BCUT2D eigenvalue weighted by molar-refractivity contribution is 7.91. The van der Waals surface area contributed by atoms with Crippen LogP contribution < -0.4 is 5.73 Å². The fourth-order valence-corrected chi connectivity index (χ4v) is 9.23. The van der Waals surface area contributed by atoms with Crippen LogP contribution in [-0.4, -0.2) is 105 Å². The number of sulfone groups is 2. The molecule has 31 heteroatoms. The maximum Gasteiger partial charge on any atom is 0.397 e. The maximum atomic E-state index is 12.6. The molecule has 314 valence electrons. The van der Waals surface area contributed by atoms with Gasteiger partial charge in [0, 0.05) is 10.9 Å². The highest BCUT2D eigenvalue weighted by atomic mass is 32.3. The third kappa shape index (κ3) is 11.2. The molecule has 0 atom stereocenters. The molecule has 7 N–H and O–H groups in total. The lowest BCUT2D eigenvalue weighted by Gasteiger charge is -2.16. The molecule has 58 heavy (non-hydrogen) atoms. The minimum Gasteiger partial charge on any atom is -0.505 e. The van der Waals surface area contributed by atoms with Gasteiger partial charge in [-0.05, 0) is 54.6 Å². The number of hydrogen-bond donors (Lipinski definition) is 6. The van der Waals surface area contributed by atoms with Crippen molar-refractivity contribution in [2.45, 2.75) is 19.6 Å². The van der Waals surface area contributed by atoms with Crippen LogP contribution >= 0.6 is 0 Å². The summed E-state index contributed by atoms with van der Waals surface area (Å²) in [5.41, 5.74) is 1.67. The number of carbonyl (C=O) groups is 1. The third-order valence-corrected chi connectivity index (χ3v) is 13.4. The molecule has 0 aliphatic carbocycles. The fourth-order valence-electron chi connectivity index (χ4n) is 4.77. The molecule has 4 aromatic rings. The van der Waals surface area contributed by atoms with Gasteiger partial charge in [0.15, 0.2) is 31.7 Å². The number of nitrogens with zero attached hydrogens (tertiary/aromatic N) is 4. The smallest absolute Gasteiger partial charge is 0.397 e. The van der Waals surface area contributed by atoms with Crippen LogP contribution in [0.4, 0.5) is 28.4 Å². The van der Waals surface area contributed by atoms with Crippen molar-refractivity contribution in [2.24, 2.45) is 20.5 Å². The van der Waals surface area contributed by atoms with E-state index in [0.717, 1.165) is 48.5 Å². The second kappa shape index (κ2) is 16.7. The molecule has 25 nitrogen and oxygen atoms in total. The minimum absolute atomic E-state index is 0.200. The summed E-state index contributed by atoms with van der Waals surface area (Å²) in [7, 11) is -29.2. The maximum absolute atomic E-state index is 12.6. The number of anilines is 1. The first kappa shape index (κ1) is 45.8. The largest absolute Gasteiger partial charge is 0.505 e. The van der Waals surface area contributed by atoms with Crippen LogP contribution in [-0.2, 0) is 69.1 Å². The van der Waals surface area contributed by atoms with E-state index in [1.165, 1.54) is 0 Å². The van der Waals surface area contributed by atoms with Crippen LogP contribution in [0.15, 0.2) is 94.6 Å². The second-order valence-corrected chi connectivity index (χ2v) is 20.2. The van der Waals surface area contributed by atoms with E-state index in [-0.39, 0.29) is 17.7 Å². The number of aldehydes is 1. The molecule has 0 aliphatic rings. The number of aromatic hydroxyl groups is 1. The van der Waals surface area contributed by atoms with Crippen molar-refractivity contribution < 1.29 is 87.0 Å². The Labute approximate surface area is 328 Å². The average molecular weight is 932 g/mol. The summed E-state index contributed by atoms with van der Waals surface area (Å²) in [5.74, 6) is -3.05. The lowest BCUT2D eigenvalue weighted by molar-refractivity contribution is 0.112. The predicted molar refractivity (Wildman–Crippen MR) is 195 cm³/mol. The molecule has 0 aliphatic heterocycles. The summed E-state index contributed by atoms with van der Waals surface area (Å²) in [4.78, 5) is 8.90. The van der Waals surface area contributed by atoms with Gasteiger partial charge in [-0.2, -0.15) is 43.9 Å². The summed E-state index contributed by atoms with van der Waals surface area (Å²) >= 11 is 0. The first-order chi connectivity index (χ1) is 26.6. The zero-order valence-corrected chi connectivity index (χ0v) is 33.2. The van der Waals surface area contributed by atoms with E-state index in [1.54, 1.807) is 0 Å². The van der Waals surface area contributed by atoms with Gasteiger partial charge in [-0.3, -0.25) is 23.0 Å². The summed E-state index contributed by atoms with van der Waals surface area (Å²) in [6.07, 6.45) is -0.200. The number of nitrogen functional groups attached to an aromatic ring is 1. The molecule has 0 heterocycles. The summed E-state index contributed by atoms with van der Waals surface area (Å²) in [5, 5.41) is 24.5. The van der Waals surface area contributed by atoms with Crippen LogP contribution in [0.25, 0.3) is 10.8 Å². The topological polar surface area (TPSA) is 417 Å². The Morgan fingerprint density at radius 3 is 1.38 bits per heavy atom. The summed E-state index contributed by atoms with van der Waals surface area (Å²) < 4.78 is 188. The minimum atomic E-state index is -5.52. The number of fused-ring (bicyclic) bond motifs is 1. The Bertz CT molecular complexity index is 3040. The molecule has 0 spiro atoms. The molecule has 4 aromatic carbocycles. The van der Waals surface area contributed by atoms with Crippen molar-refractivity contribution >= 4 is 106 Å². The lowest BCUT2D eigenvalue weighted by Crippen LogP contribution is -2.15. The highest BCUT2D eigenvalue weighted by Crippen LogP contribution is 2.50. The average Bonchev–Trinajstić information content (AvgIpc) is 3.08. The zero-order chi connectivity index (χ0) is 43.6. The van der Waals surface area contributed by atoms with Gasteiger partial charge >= 0.3 is 20.8 Å². The monoisotopic (exact) mass is 931 g/mol. The first-order valence-corrected chi connectivity index (χ1v) is 23.8. The van der Waals surface area contributed by atoms with Crippen molar-refractivity contribution in [1.29, 1.82) is 0 Å². The molecule has 0 unspecified atom stereocenters. The van der Waals surface area contributed by atoms with E-state index in [2.05, 4.69) is 28.8 Å². The molecule has 0 amide bonds. The molecule has 0 radical (unpaired) electrons. The van der Waals surface area contributed by atoms with E-state index in [0.29, 0.717) is 6.07 Å². The Morgan fingerprint density at radius 2 is 1.02 bits per heavy atom. The molecule has 4 rings (SSSR count). The standard InChI is InChI=1S/C27H25N5O20S6/c28-23-22-19(13-21(55(39,40)41)24(26(22)34)31-29-15-1-5-17(6-2-15)53(35,36)11-9-51-57(45,46)47)20(14-33)27(56(42,43)44)25(23)32-30-16-3-7-18(8-4-16)54(37,38)12-10-52-58(48,49)50/h1-8,13-14,34H,9-12,28H2,(H,39,40,41)(H,42,43,44)(H,45,46,47)(H,48,49,50). The Kier molecular flexibility index (Phi) is 13.2. The van der Waals surface area contributed by atoms with Crippen LogP contribution in [0.3, 0.4) is 0 Å². The molecule has 0 bridgehead atoms. The number of azo groups is 2. The van der Waals surface area contributed by atoms with Gasteiger partial charge in [-0.1, -0.05) is 0 Å². The molecule has 0 fully saturated rings. The number of nitrogens with two attached hydrogens (primary N) is 1. The van der Waals surface area contributed by atoms with E-state index in [4.69, 9.17) is 14.8 Å². The third-order valence-electron chi connectivity index (χ3n) is 7.26. The number of rotatable bonds is 17. The summed E-state index contributed by atoms with van der Waals surface area (Å²) in [6, 6.07) is 8.34. The van der Waals surface area contributed by atoms with Crippen molar-refractivity contribution in [3.63, 3.8) is 0 Å². The Hall–Kier alpha value is -4.93. The van der Waals surface area contributed by atoms with Gasteiger partial charge in [0.1, 0.15) is 21.2 Å². The number of benzene rings is 4. The predicted octanol–water partition coefficient (Wildman–Crippen LogP) is 2.45. The van der Waals surface area contributed by atoms with Gasteiger partial charge in [-0.15, -0.1) is 10.2 Å². The normalized spacial score (nSPS) is 13.4. The molecule has 0 aromatic heterocycles. The Balaban J connectivity index is 1.83. The van der Waals surface area contributed by atoms with Crippen molar-refractivity contribution in [1.82, 2.24) is 0 Å². The number of phenolic OH excluding ortho intramolecular Hbond substituents is 1. The van der Waals surface area contributed by atoms with E-state index < -0.39 is 144 Å². The number of phenols is 1.